The Balaban J connectivity index is 1.54. The molecule has 0 bridgehead atoms. The Morgan fingerprint density at radius 2 is 1.61 bits per heavy atom. The van der Waals surface area contributed by atoms with E-state index in [0.29, 0.717) is 37.3 Å². The molecule has 2 aliphatic heterocycles. The standard InChI is InChI=1S/C24H27F3N2O2/c1-14-12-29(13-15(2)24(14,31)16-3-5-17(25)6-4-16)23(30)21-11-28-10-20(21)19-8-7-18(26)9-22(19)27/h3-9,14-15,20-21,28,31H,10-13H2,1-2H3/t14-,15+,20-,21+,24?/m0/s1. The molecule has 4 nitrogen and oxygen atoms in total. The molecule has 31 heavy (non-hydrogen) atoms. The Kier molecular flexibility index (Phi) is 5.83. The molecule has 2 aromatic rings. The summed E-state index contributed by atoms with van der Waals surface area (Å²) in [6, 6.07) is 9.32. The first kappa shape index (κ1) is 21.8. The van der Waals surface area contributed by atoms with E-state index in [1.54, 1.807) is 17.0 Å². The van der Waals surface area contributed by atoms with Crippen molar-refractivity contribution in [1.29, 1.82) is 0 Å². The number of carbonyl (C=O) groups excluding carboxylic acids is 1. The van der Waals surface area contributed by atoms with E-state index < -0.39 is 23.2 Å². The second-order valence-electron chi connectivity index (χ2n) is 8.91. The Bertz CT molecular complexity index is 954. The van der Waals surface area contributed by atoms with E-state index in [-0.39, 0.29) is 29.5 Å². The zero-order valence-corrected chi connectivity index (χ0v) is 17.6. The summed E-state index contributed by atoms with van der Waals surface area (Å²) in [6.45, 7) is 5.30. The number of hydrogen-bond donors (Lipinski definition) is 2. The second-order valence-corrected chi connectivity index (χ2v) is 8.91. The van der Waals surface area contributed by atoms with Crippen LogP contribution in [0.15, 0.2) is 42.5 Å². The summed E-state index contributed by atoms with van der Waals surface area (Å²) in [4.78, 5) is 15.1. The quantitative estimate of drug-likeness (QED) is 0.782. The van der Waals surface area contributed by atoms with E-state index in [1.807, 2.05) is 13.8 Å². The Morgan fingerprint density at radius 3 is 2.23 bits per heavy atom. The highest BCUT2D eigenvalue weighted by Crippen LogP contribution is 2.42. The molecule has 0 radical (unpaired) electrons. The molecule has 1 amide bonds. The number of carbonyl (C=O) groups is 1. The molecule has 4 rings (SSSR count). The van der Waals surface area contributed by atoms with E-state index in [4.69, 9.17) is 0 Å². The zero-order chi connectivity index (χ0) is 22.3. The molecule has 2 aromatic carbocycles. The van der Waals surface area contributed by atoms with E-state index in [0.717, 1.165) is 6.07 Å². The van der Waals surface area contributed by atoms with Gasteiger partial charge in [-0.05, 0) is 29.3 Å². The summed E-state index contributed by atoms with van der Waals surface area (Å²) in [6.07, 6.45) is 0. The van der Waals surface area contributed by atoms with E-state index in [1.165, 1.54) is 24.3 Å². The van der Waals surface area contributed by atoms with Gasteiger partial charge < -0.3 is 15.3 Å². The molecule has 0 aromatic heterocycles. The first-order valence-electron chi connectivity index (χ1n) is 10.6. The average Bonchev–Trinajstić information content (AvgIpc) is 3.21. The molecular formula is C24H27F3N2O2. The maximum atomic E-state index is 14.4. The highest BCUT2D eigenvalue weighted by atomic mass is 19.1. The van der Waals surface area contributed by atoms with Crippen molar-refractivity contribution in [3.8, 4) is 0 Å². The minimum atomic E-state index is -1.18. The molecule has 0 spiro atoms. The van der Waals surface area contributed by atoms with Gasteiger partial charge in [0.2, 0.25) is 5.91 Å². The molecule has 2 saturated heterocycles. The Labute approximate surface area is 180 Å². The Morgan fingerprint density at radius 1 is 1.00 bits per heavy atom. The van der Waals surface area contributed by atoms with Gasteiger partial charge in [-0.25, -0.2) is 13.2 Å². The van der Waals surface area contributed by atoms with Gasteiger partial charge in [-0.15, -0.1) is 0 Å². The number of amides is 1. The second kappa shape index (κ2) is 8.28. The summed E-state index contributed by atoms with van der Waals surface area (Å²) < 4.78 is 41.1. The first-order valence-corrected chi connectivity index (χ1v) is 10.6. The molecule has 0 saturated carbocycles. The van der Waals surface area contributed by atoms with E-state index in [2.05, 4.69) is 5.32 Å². The van der Waals surface area contributed by atoms with Crippen molar-refractivity contribution in [1.82, 2.24) is 10.2 Å². The molecule has 2 aliphatic rings. The topological polar surface area (TPSA) is 52.6 Å². The summed E-state index contributed by atoms with van der Waals surface area (Å²) in [5, 5.41) is 14.6. The molecule has 1 unspecified atom stereocenters. The van der Waals surface area contributed by atoms with Crippen molar-refractivity contribution in [2.45, 2.75) is 25.4 Å². The number of benzene rings is 2. The number of piperidine rings is 1. The lowest BCUT2D eigenvalue weighted by Crippen LogP contribution is -2.57. The monoisotopic (exact) mass is 432 g/mol. The number of hydrogen-bond acceptors (Lipinski definition) is 3. The number of nitrogens with one attached hydrogen (secondary N) is 1. The van der Waals surface area contributed by atoms with Gasteiger partial charge in [-0.3, -0.25) is 4.79 Å². The maximum Gasteiger partial charge on any atom is 0.227 e. The first-order chi connectivity index (χ1) is 14.7. The molecule has 2 fully saturated rings. The van der Waals surface area contributed by atoms with Crippen molar-refractivity contribution in [2.24, 2.45) is 17.8 Å². The van der Waals surface area contributed by atoms with E-state index in [9.17, 15) is 23.1 Å². The summed E-state index contributed by atoms with van der Waals surface area (Å²) in [5.41, 5.74) is -0.207. The van der Waals surface area contributed by atoms with Crippen molar-refractivity contribution in [3.05, 3.63) is 71.0 Å². The van der Waals surface area contributed by atoms with Gasteiger partial charge in [-0.1, -0.05) is 32.0 Å². The summed E-state index contributed by atoms with van der Waals surface area (Å²) in [5.74, 6) is -3.15. The van der Waals surface area contributed by atoms with Gasteiger partial charge in [0.05, 0.1) is 11.5 Å². The van der Waals surface area contributed by atoms with Gasteiger partial charge in [0, 0.05) is 50.0 Å². The molecular weight excluding hydrogens is 405 g/mol. The fraction of sp³-hybridized carbons (Fsp3) is 0.458. The van der Waals surface area contributed by atoms with Crippen LogP contribution in [0.1, 0.15) is 30.9 Å². The number of nitrogens with zero attached hydrogens (tertiary/aromatic N) is 1. The smallest absolute Gasteiger partial charge is 0.227 e. The van der Waals surface area contributed by atoms with Crippen LogP contribution in [-0.4, -0.2) is 42.1 Å². The van der Waals surface area contributed by atoms with Crippen LogP contribution < -0.4 is 5.32 Å². The third kappa shape index (κ3) is 3.85. The van der Waals surface area contributed by atoms with Gasteiger partial charge >= 0.3 is 0 Å². The third-order valence-corrected chi connectivity index (χ3v) is 7.00. The number of likely N-dealkylation sites (tertiary alicyclic amines) is 1. The van der Waals surface area contributed by atoms with Gasteiger partial charge in [-0.2, -0.15) is 0 Å². The van der Waals surface area contributed by atoms with Gasteiger partial charge in [0.25, 0.3) is 0 Å². The normalized spacial score (nSPS) is 31.1. The zero-order valence-electron chi connectivity index (χ0n) is 17.6. The summed E-state index contributed by atoms with van der Waals surface area (Å²) in [7, 11) is 0. The highest BCUT2D eigenvalue weighted by molar-refractivity contribution is 5.81. The largest absolute Gasteiger partial charge is 0.384 e. The lowest BCUT2D eigenvalue weighted by Gasteiger charge is -2.48. The molecule has 2 heterocycles. The van der Waals surface area contributed by atoms with Crippen LogP contribution in [0.5, 0.6) is 0 Å². The predicted molar refractivity (Wildman–Crippen MR) is 111 cm³/mol. The van der Waals surface area contributed by atoms with Crippen LogP contribution in [0, 0.1) is 35.2 Å². The van der Waals surface area contributed by atoms with Crippen LogP contribution >= 0.6 is 0 Å². The minimum absolute atomic E-state index is 0.0985. The average molecular weight is 432 g/mol. The van der Waals surface area contributed by atoms with E-state index >= 15 is 0 Å². The van der Waals surface area contributed by atoms with Gasteiger partial charge in [0.15, 0.2) is 0 Å². The lowest BCUT2D eigenvalue weighted by atomic mass is 9.70. The van der Waals surface area contributed by atoms with Crippen LogP contribution in [0.3, 0.4) is 0 Å². The van der Waals surface area contributed by atoms with Crippen LogP contribution in [-0.2, 0) is 10.4 Å². The molecule has 5 atom stereocenters. The van der Waals surface area contributed by atoms with Crippen molar-refractivity contribution >= 4 is 5.91 Å². The number of aliphatic hydroxyl groups is 1. The van der Waals surface area contributed by atoms with Crippen LogP contribution in [0.4, 0.5) is 13.2 Å². The SMILES string of the molecule is C[C@@H]1CN(C(=O)[C@@H]2CNC[C@H]2c2ccc(F)cc2F)C[C@H](C)C1(O)c1ccc(F)cc1. The molecule has 2 N–H and O–H groups in total. The van der Waals surface area contributed by atoms with Crippen molar-refractivity contribution in [3.63, 3.8) is 0 Å². The fourth-order valence-electron chi connectivity index (χ4n) is 5.27. The van der Waals surface area contributed by atoms with Crippen LogP contribution in [0.2, 0.25) is 0 Å². The number of rotatable bonds is 3. The Hall–Kier alpha value is -2.38. The van der Waals surface area contributed by atoms with Crippen molar-refractivity contribution in [2.75, 3.05) is 26.2 Å². The summed E-state index contributed by atoms with van der Waals surface area (Å²) >= 11 is 0. The molecule has 0 aliphatic carbocycles. The van der Waals surface area contributed by atoms with Gasteiger partial charge in [0.1, 0.15) is 17.5 Å². The number of halogens is 3. The molecule has 166 valence electrons. The van der Waals surface area contributed by atoms with Crippen LogP contribution in [0.25, 0.3) is 0 Å². The molecule has 7 heteroatoms. The highest BCUT2D eigenvalue weighted by Gasteiger charge is 2.48. The fourth-order valence-corrected chi connectivity index (χ4v) is 5.27. The predicted octanol–water partition coefficient (Wildman–Crippen LogP) is 3.41. The van der Waals surface area contributed by atoms with Crippen molar-refractivity contribution < 1.29 is 23.1 Å². The maximum absolute atomic E-state index is 14.4. The lowest BCUT2D eigenvalue weighted by molar-refractivity contribution is -0.152. The third-order valence-electron chi connectivity index (χ3n) is 7.00. The minimum Gasteiger partial charge on any atom is -0.384 e.